The average Bonchev–Trinajstić information content (AvgIpc) is 3.05. The Bertz CT molecular complexity index is 1170. The van der Waals surface area contributed by atoms with Crippen molar-refractivity contribution in [3.05, 3.63) is 82.1 Å². The summed E-state index contributed by atoms with van der Waals surface area (Å²) < 4.78 is 1.62. The van der Waals surface area contributed by atoms with Gasteiger partial charge in [0.05, 0.1) is 16.8 Å². The van der Waals surface area contributed by atoms with Crippen molar-refractivity contribution in [3.8, 4) is 16.9 Å². The topological polar surface area (TPSA) is 50.7 Å². The van der Waals surface area contributed by atoms with E-state index in [0.29, 0.717) is 11.6 Å². The molecule has 1 aliphatic rings. The van der Waals surface area contributed by atoms with Crippen LogP contribution in [0.4, 0.5) is 0 Å². The molecule has 0 fully saturated rings. The minimum atomic E-state index is -0.00545. The molecule has 27 heavy (non-hydrogen) atoms. The average molecular weight is 355 g/mol. The normalized spacial score (nSPS) is 16.4. The van der Waals surface area contributed by atoms with Crippen LogP contribution in [0.1, 0.15) is 24.5 Å². The van der Waals surface area contributed by atoms with Crippen LogP contribution in [0, 0.1) is 5.92 Å². The SMILES string of the molecule is C[C@@H]1CCc2c(c(-c3ccccc3)nc3[nH]n(-c4ccccc4)c(=O)c23)C1. The first kappa shape index (κ1) is 16.1. The fraction of sp³-hybridized carbons (Fsp3) is 0.217. The van der Waals surface area contributed by atoms with Crippen molar-refractivity contribution in [1.29, 1.82) is 0 Å². The van der Waals surface area contributed by atoms with Gasteiger partial charge in [0.1, 0.15) is 0 Å². The number of benzene rings is 2. The van der Waals surface area contributed by atoms with Crippen LogP contribution < -0.4 is 5.56 Å². The van der Waals surface area contributed by atoms with Crippen LogP contribution in [-0.4, -0.2) is 14.8 Å². The molecular formula is C23H21N3O. The summed E-state index contributed by atoms with van der Waals surface area (Å²) in [4.78, 5) is 18.1. The lowest BCUT2D eigenvalue weighted by molar-refractivity contribution is 0.503. The van der Waals surface area contributed by atoms with E-state index in [2.05, 4.69) is 24.2 Å². The molecule has 5 rings (SSSR count). The highest BCUT2D eigenvalue weighted by Gasteiger charge is 2.25. The van der Waals surface area contributed by atoms with Crippen LogP contribution in [0.5, 0.6) is 0 Å². The van der Waals surface area contributed by atoms with Crippen molar-refractivity contribution < 1.29 is 0 Å². The highest BCUT2D eigenvalue weighted by molar-refractivity contribution is 5.85. The molecule has 134 valence electrons. The second kappa shape index (κ2) is 6.23. The third-order valence-corrected chi connectivity index (χ3v) is 5.55. The number of para-hydroxylation sites is 1. The number of hydrogen-bond donors (Lipinski definition) is 1. The summed E-state index contributed by atoms with van der Waals surface area (Å²) in [5, 5.41) is 4.00. The van der Waals surface area contributed by atoms with Gasteiger partial charge in [-0.3, -0.25) is 9.89 Å². The molecule has 2 aromatic carbocycles. The highest BCUT2D eigenvalue weighted by Crippen LogP contribution is 2.35. The second-order valence-corrected chi connectivity index (χ2v) is 7.44. The van der Waals surface area contributed by atoms with Gasteiger partial charge in [0, 0.05) is 5.56 Å². The van der Waals surface area contributed by atoms with Gasteiger partial charge in [0.2, 0.25) is 0 Å². The molecule has 0 unspecified atom stereocenters. The third kappa shape index (κ3) is 2.60. The van der Waals surface area contributed by atoms with Gasteiger partial charge in [-0.05, 0) is 48.4 Å². The van der Waals surface area contributed by atoms with E-state index in [9.17, 15) is 4.79 Å². The van der Waals surface area contributed by atoms with Crippen molar-refractivity contribution in [2.45, 2.75) is 26.2 Å². The second-order valence-electron chi connectivity index (χ2n) is 7.44. The zero-order chi connectivity index (χ0) is 18.4. The van der Waals surface area contributed by atoms with Crippen molar-refractivity contribution in [1.82, 2.24) is 14.8 Å². The molecule has 0 saturated heterocycles. The van der Waals surface area contributed by atoms with Crippen LogP contribution in [0.2, 0.25) is 0 Å². The summed E-state index contributed by atoms with van der Waals surface area (Å²) in [6, 6.07) is 20.0. The van der Waals surface area contributed by atoms with E-state index in [1.165, 1.54) is 11.1 Å². The number of nitrogens with zero attached hydrogens (tertiary/aromatic N) is 2. The predicted octanol–water partition coefficient (Wildman–Crippen LogP) is 4.51. The van der Waals surface area contributed by atoms with Crippen LogP contribution in [-0.2, 0) is 12.8 Å². The Morgan fingerprint density at radius 2 is 1.70 bits per heavy atom. The third-order valence-electron chi connectivity index (χ3n) is 5.55. The molecule has 0 amide bonds. The van der Waals surface area contributed by atoms with Crippen molar-refractivity contribution >= 4 is 11.0 Å². The number of nitrogens with one attached hydrogen (secondary N) is 1. The monoisotopic (exact) mass is 355 g/mol. The van der Waals surface area contributed by atoms with E-state index in [1.54, 1.807) is 4.68 Å². The lowest BCUT2D eigenvalue weighted by atomic mass is 9.82. The van der Waals surface area contributed by atoms with Crippen molar-refractivity contribution in [2.24, 2.45) is 5.92 Å². The summed E-state index contributed by atoms with van der Waals surface area (Å²) in [6.07, 6.45) is 3.01. The summed E-state index contributed by atoms with van der Waals surface area (Å²) in [6.45, 7) is 2.28. The maximum Gasteiger partial charge on any atom is 0.281 e. The van der Waals surface area contributed by atoms with E-state index in [1.807, 2.05) is 48.5 Å². The van der Waals surface area contributed by atoms with Crippen molar-refractivity contribution in [3.63, 3.8) is 0 Å². The molecule has 0 bridgehead atoms. The molecule has 0 saturated carbocycles. The molecule has 0 spiro atoms. The van der Waals surface area contributed by atoms with Gasteiger partial charge in [0.15, 0.2) is 5.65 Å². The Kier molecular flexibility index (Phi) is 3.71. The molecule has 4 aromatic rings. The van der Waals surface area contributed by atoms with Crippen LogP contribution in [0.15, 0.2) is 65.5 Å². The highest BCUT2D eigenvalue weighted by atomic mass is 16.1. The lowest BCUT2D eigenvalue weighted by Gasteiger charge is -2.24. The predicted molar refractivity (Wildman–Crippen MR) is 108 cm³/mol. The standard InChI is InChI=1S/C23H21N3O/c1-15-12-13-18-19(14-15)21(16-8-4-2-5-9-16)24-22-20(18)23(27)26(25-22)17-10-6-3-7-11-17/h2-11,15H,12-14H2,1H3,(H,24,25)/t15-/m1/s1. The first-order valence-corrected chi connectivity index (χ1v) is 9.49. The number of pyridine rings is 1. The molecule has 2 heterocycles. The largest absolute Gasteiger partial charge is 0.281 e. The number of H-pyrrole nitrogens is 1. The van der Waals surface area contributed by atoms with E-state index in [4.69, 9.17) is 4.98 Å². The molecule has 4 nitrogen and oxygen atoms in total. The van der Waals surface area contributed by atoms with Gasteiger partial charge in [-0.2, -0.15) is 0 Å². The summed E-state index contributed by atoms with van der Waals surface area (Å²) in [5.74, 6) is 0.606. The maximum absolute atomic E-state index is 13.2. The lowest BCUT2D eigenvalue weighted by Crippen LogP contribution is -2.18. The van der Waals surface area contributed by atoms with Crippen LogP contribution in [0.3, 0.4) is 0 Å². The summed E-state index contributed by atoms with van der Waals surface area (Å²) >= 11 is 0. The fourth-order valence-electron chi connectivity index (χ4n) is 4.18. The maximum atomic E-state index is 13.2. The Morgan fingerprint density at radius 1 is 1.00 bits per heavy atom. The van der Waals surface area contributed by atoms with Gasteiger partial charge < -0.3 is 0 Å². The van der Waals surface area contributed by atoms with Gasteiger partial charge in [0.25, 0.3) is 5.56 Å². The Labute approximate surface area is 157 Å². The summed E-state index contributed by atoms with van der Waals surface area (Å²) in [5.41, 5.74) is 6.03. The van der Waals surface area contributed by atoms with E-state index >= 15 is 0 Å². The molecule has 4 heteroatoms. The van der Waals surface area contributed by atoms with Gasteiger partial charge in [-0.25, -0.2) is 9.67 Å². The smallest absolute Gasteiger partial charge is 0.274 e. The molecule has 1 atom stereocenters. The number of rotatable bonds is 2. The number of aromatic amines is 1. The van der Waals surface area contributed by atoms with Gasteiger partial charge in [-0.1, -0.05) is 55.5 Å². The molecule has 0 aliphatic heterocycles. The number of aromatic nitrogens is 3. The minimum absolute atomic E-state index is 0.00545. The van der Waals surface area contributed by atoms with Gasteiger partial charge in [-0.15, -0.1) is 0 Å². The van der Waals surface area contributed by atoms with E-state index < -0.39 is 0 Å². The molecule has 1 N–H and O–H groups in total. The molecule has 2 aromatic heterocycles. The molecule has 0 radical (unpaired) electrons. The number of aryl methyl sites for hydroxylation is 1. The Morgan fingerprint density at radius 3 is 2.44 bits per heavy atom. The Balaban J connectivity index is 1.83. The number of fused-ring (bicyclic) bond motifs is 3. The Hall–Kier alpha value is -3.14. The molecule has 1 aliphatic carbocycles. The first-order chi connectivity index (χ1) is 13.2. The van der Waals surface area contributed by atoms with Crippen molar-refractivity contribution in [2.75, 3.05) is 0 Å². The minimum Gasteiger partial charge on any atom is -0.274 e. The fourth-order valence-corrected chi connectivity index (χ4v) is 4.18. The first-order valence-electron chi connectivity index (χ1n) is 9.49. The molecular weight excluding hydrogens is 334 g/mol. The zero-order valence-corrected chi connectivity index (χ0v) is 15.3. The van der Waals surface area contributed by atoms with Gasteiger partial charge >= 0.3 is 0 Å². The zero-order valence-electron chi connectivity index (χ0n) is 15.3. The van der Waals surface area contributed by atoms with Crippen LogP contribution in [0.25, 0.3) is 28.0 Å². The van der Waals surface area contributed by atoms with Crippen LogP contribution >= 0.6 is 0 Å². The quantitative estimate of drug-likeness (QED) is 0.575. The number of hydrogen-bond acceptors (Lipinski definition) is 2. The van der Waals surface area contributed by atoms with E-state index in [0.717, 1.165) is 41.6 Å². The summed E-state index contributed by atoms with van der Waals surface area (Å²) in [7, 11) is 0. The van der Waals surface area contributed by atoms with E-state index in [-0.39, 0.29) is 5.56 Å².